The van der Waals surface area contributed by atoms with Gasteiger partial charge in [0.2, 0.25) is 0 Å². The van der Waals surface area contributed by atoms with E-state index >= 15 is 0 Å². The fourth-order valence-electron chi connectivity index (χ4n) is 3.05. The summed E-state index contributed by atoms with van der Waals surface area (Å²) in [5.74, 6) is 1.27. The first kappa shape index (κ1) is 14.6. The third kappa shape index (κ3) is 3.62. The molecule has 0 heterocycles. The van der Waals surface area contributed by atoms with Crippen molar-refractivity contribution in [3.05, 3.63) is 29.6 Å². The molecule has 0 amide bonds. The molecule has 1 aromatic carbocycles. The Hall–Kier alpha value is -0.760. The van der Waals surface area contributed by atoms with Crippen molar-refractivity contribution < 1.29 is 9.13 Å². The number of alkyl halides is 1. The van der Waals surface area contributed by atoms with Crippen LogP contribution in [0.25, 0.3) is 0 Å². The lowest BCUT2D eigenvalue weighted by Gasteiger charge is -2.32. The van der Waals surface area contributed by atoms with Gasteiger partial charge in [-0.15, -0.1) is 11.6 Å². The number of hydrogen-bond donors (Lipinski definition) is 0. The molecule has 3 unspecified atom stereocenters. The molecule has 1 fully saturated rings. The molecule has 0 bridgehead atoms. The van der Waals surface area contributed by atoms with Gasteiger partial charge in [0.15, 0.2) is 11.6 Å². The molecule has 0 saturated heterocycles. The summed E-state index contributed by atoms with van der Waals surface area (Å²) < 4.78 is 18.6. The highest BCUT2D eigenvalue weighted by Crippen LogP contribution is 2.36. The fraction of sp³-hybridized carbons (Fsp3) is 0.625. The normalized spacial score (nSPS) is 27.3. The second-order valence-corrected chi connectivity index (χ2v) is 6.10. The number of methoxy groups -OCH3 is 1. The third-order valence-electron chi connectivity index (χ3n) is 4.29. The molecule has 0 aromatic heterocycles. The molecule has 3 atom stereocenters. The molecule has 2 rings (SSSR count). The van der Waals surface area contributed by atoms with Gasteiger partial charge >= 0.3 is 0 Å². The van der Waals surface area contributed by atoms with E-state index in [1.807, 2.05) is 6.07 Å². The van der Waals surface area contributed by atoms with Crippen molar-refractivity contribution in [2.45, 2.75) is 44.4 Å². The predicted molar refractivity (Wildman–Crippen MR) is 77.4 cm³/mol. The lowest BCUT2D eigenvalue weighted by molar-refractivity contribution is 0.264. The van der Waals surface area contributed by atoms with Gasteiger partial charge in [0, 0.05) is 5.38 Å². The predicted octanol–water partition coefficient (Wildman–Crippen LogP) is 4.81. The molecule has 0 aliphatic heterocycles. The Bertz CT molecular complexity index is 421. The maximum absolute atomic E-state index is 13.7. The Morgan fingerprint density at radius 1 is 1.37 bits per heavy atom. The lowest BCUT2D eigenvalue weighted by Crippen LogP contribution is -2.26. The molecule has 106 valence electrons. The number of benzene rings is 1. The van der Waals surface area contributed by atoms with E-state index in [-0.39, 0.29) is 11.2 Å². The van der Waals surface area contributed by atoms with Crippen LogP contribution in [-0.2, 0) is 6.42 Å². The van der Waals surface area contributed by atoms with Crippen LogP contribution >= 0.6 is 11.6 Å². The summed E-state index contributed by atoms with van der Waals surface area (Å²) in [6.45, 7) is 2.24. The van der Waals surface area contributed by atoms with Crippen LogP contribution in [0.1, 0.15) is 38.2 Å². The van der Waals surface area contributed by atoms with E-state index in [2.05, 4.69) is 6.92 Å². The summed E-state index contributed by atoms with van der Waals surface area (Å²) in [6.07, 6.45) is 5.57. The molecule has 1 nitrogen and oxygen atoms in total. The molecule has 3 heteroatoms. The molecule has 1 aromatic rings. The minimum Gasteiger partial charge on any atom is -0.494 e. The monoisotopic (exact) mass is 284 g/mol. The Kier molecular flexibility index (Phi) is 5.09. The van der Waals surface area contributed by atoms with Crippen LogP contribution in [0.4, 0.5) is 4.39 Å². The van der Waals surface area contributed by atoms with Gasteiger partial charge < -0.3 is 4.74 Å². The van der Waals surface area contributed by atoms with E-state index in [0.29, 0.717) is 11.7 Å². The van der Waals surface area contributed by atoms with Crippen LogP contribution in [0.3, 0.4) is 0 Å². The molecular formula is C16H22ClFO. The highest BCUT2D eigenvalue weighted by atomic mass is 35.5. The van der Waals surface area contributed by atoms with Crippen LogP contribution in [0, 0.1) is 17.7 Å². The molecule has 1 aliphatic carbocycles. The van der Waals surface area contributed by atoms with Crippen molar-refractivity contribution in [1.29, 1.82) is 0 Å². The lowest BCUT2D eigenvalue weighted by atomic mass is 9.77. The van der Waals surface area contributed by atoms with Gasteiger partial charge in [0.1, 0.15) is 0 Å². The van der Waals surface area contributed by atoms with E-state index in [1.54, 1.807) is 12.1 Å². The molecular weight excluding hydrogens is 263 g/mol. The molecule has 19 heavy (non-hydrogen) atoms. The van der Waals surface area contributed by atoms with E-state index in [1.165, 1.54) is 20.0 Å². The Morgan fingerprint density at radius 3 is 2.79 bits per heavy atom. The summed E-state index contributed by atoms with van der Waals surface area (Å²) in [4.78, 5) is 0. The van der Waals surface area contributed by atoms with Crippen LogP contribution in [0.15, 0.2) is 18.2 Å². The van der Waals surface area contributed by atoms with E-state index in [0.717, 1.165) is 30.7 Å². The summed E-state index contributed by atoms with van der Waals surface area (Å²) in [7, 11) is 1.49. The largest absolute Gasteiger partial charge is 0.494 e. The van der Waals surface area contributed by atoms with E-state index < -0.39 is 0 Å². The second-order valence-electron chi connectivity index (χ2n) is 5.54. The van der Waals surface area contributed by atoms with Gasteiger partial charge in [-0.1, -0.05) is 19.4 Å². The molecule has 1 saturated carbocycles. The van der Waals surface area contributed by atoms with E-state index in [4.69, 9.17) is 16.3 Å². The van der Waals surface area contributed by atoms with Crippen molar-refractivity contribution >= 4 is 11.6 Å². The van der Waals surface area contributed by atoms with Crippen LogP contribution in [-0.4, -0.2) is 12.5 Å². The highest BCUT2D eigenvalue weighted by molar-refractivity contribution is 6.20. The Balaban J connectivity index is 2.05. The maximum Gasteiger partial charge on any atom is 0.165 e. The number of ether oxygens (including phenoxy) is 1. The zero-order valence-corrected chi connectivity index (χ0v) is 12.4. The van der Waals surface area contributed by atoms with Gasteiger partial charge in [-0.25, -0.2) is 4.39 Å². The first-order valence-corrected chi connectivity index (χ1v) is 7.54. The minimum absolute atomic E-state index is 0.230. The van der Waals surface area contributed by atoms with Crippen LogP contribution in [0.5, 0.6) is 5.75 Å². The average Bonchev–Trinajstić information content (AvgIpc) is 2.41. The summed E-state index contributed by atoms with van der Waals surface area (Å²) in [5, 5.41) is 0.230. The first-order valence-electron chi connectivity index (χ1n) is 7.10. The van der Waals surface area contributed by atoms with Gasteiger partial charge in [-0.05, 0) is 55.2 Å². The van der Waals surface area contributed by atoms with Crippen molar-refractivity contribution in [3.8, 4) is 5.75 Å². The molecule has 1 aliphatic rings. The Morgan fingerprint density at radius 2 is 2.16 bits per heavy atom. The zero-order valence-electron chi connectivity index (χ0n) is 11.7. The molecule has 0 radical (unpaired) electrons. The smallest absolute Gasteiger partial charge is 0.165 e. The van der Waals surface area contributed by atoms with Crippen molar-refractivity contribution in [2.24, 2.45) is 11.8 Å². The number of halogens is 2. The van der Waals surface area contributed by atoms with Gasteiger partial charge in [0.25, 0.3) is 0 Å². The quantitative estimate of drug-likeness (QED) is 0.721. The first-order chi connectivity index (χ1) is 9.13. The maximum atomic E-state index is 13.7. The van der Waals surface area contributed by atoms with Crippen LogP contribution < -0.4 is 4.74 Å². The molecule has 0 spiro atoms. The summed E-state index contributed by atoms with van der Waals surface area (Å²) in [6, 6.07) is 5.23. The number of rotatable bonds is 4. The highest BCUT2D eigenvalue weighted by Gasteiger charge is 2.28. The third-order valence-corrected chi connectivity index (χ3v) is 4.86. The van der Waals surface area contributed by atoms with Crippen molar-refractivity contribution in [1.82, 2.24) is 0 Å². The SMILES string of the molecule is CCC1CCC(Cl)C(Cc2ccc(OC)c(F)c2)C1. The fourth-order valence-corrected chi connectivity index (χ4v) is 3.36. The van der Waals surface area contributed by atoms with Crippen LogP contribution in [0.2, 0.25) is 0 Å². The minimum atomic E-state index is -0.283. The summed E-state index contributed by atoms with van der Waals surface area (Å²) >= 11 is 6.43. The van der Waals surface area contributed by atoms with Gasteiger partial charge in [-0.3, -0.25) is 0 Å². The standard InChI is InChI=1S/C16H22ClFO/c1-3-11-4-6-14(17)13(8-11)9-12-5-7-16(19-2)15(18)10-12/h5,7,10-11,13-14H,3-4,6,8-9H2,1-2H3. The average molecular weight is 285 g/mol. The van der Waals surface area contributed by atoms with Gasteiger partial charge in [-0.2, -0.15) is 0 Å². The summed E-state index contributed by atoms with van der Waals surface area (Å²) in [5.41, 5.74) is 1.02. The zero-order chi connectivity index (χ0) is 13.8. The van der Waals surface area contributed by atoms with Gasteiger partial charge in [0.05, 0.1) is 7.11 Å². The van der Waals surface area contributed by atoms with Crippen molar-refractivity contribution in [2.75, 3.05) is 7.11 Å². The second kappa shape index (κ2) is 6.60. The molecule has 0 N–H and O–H groups in total. The number of hydrogen-bond acceptors (Lipinski definition) is 1. The Labute approximate surface area is 120 Å². The van der Waals surface area contributed by atoms with Crippen molar-refractivity contribution in [3.63, 3.8) is 0 Å². The topological polar surface area (TPSA) is 9.23 Å². The van der Waals surface area contributed by atoms with E-state index in [9.17, 15) is 4.39 Å².